The van der Waals surface area contributed by atoms with E-state index in [-0.39, 0.29) is 6.04 Å². The summed E-state index contributed by atoms with van der Waals surface area (Å²) in [6.07, 6.45) is -0.517. The summed E-state index contributed by atoms with van der Waals surface area (Å²) in [5.74, 6) is 0.305. The minimum absolute atomic E-state index is 0.167. The van der Waals surface area contributed by atoms with E-state index in [1.54, 1.807) is 11.3 Å². The van der Waals surface area contributed by atoms with Crippen LogP contribution >= 0.6 is 11.3 Å². The standard InChI is InChI=1S/C9H15NOS/c1-6(2)8(10)9(11)7-3-4-12-5-7/h3-6,8-9,11H,10H2,1-2H3/t8-,9-/m1/s1. The van der Waals surface area contributed by atoms with Crippen LogP contribution < -0.4 is 5.73 Å². The Kier molecular flexibility index (Phi) is 3.26. The number of hydrogen-bond acceptors (Lipinski definition) is 3. The SMILES string of the molecule is CC(C)[C@@H](N)[C@H](O)c1ccsc1. The van der Waals surface area contributed by atoms with Gasteiger partial charge in [-0.2, -0.15) is 11.3 Å². The molecule has 0 radical (unpaired) electrons. The molecule has 0 saturated heterocycles. The third-order valence-corrected chi connectivity index (χ3v) is 2.72. The number of rotatable bonds is 3. The van der Waals surface area contributed by atoms with Crippen LogP contribution in [-0.2, 0) is 0 Å². The quantitative estimate of drug-likeness (QED) is 0.753. The predicted molar refractivity (Wildman–Crippen MR) is 52.1 cm³/mol. The molecule has 0 aliphatic carbocycles. The van der Waals surface area contributed by atoms with Crippen molar-refractivity contribution in [3.8, 4) is 0 Å². The second-order valence-electron chi connectivity index (χ2n) is 3.32. The van der Waals surface area contributed by atoms with Gasteiger partial charge in [0.2, 0.25) is 0 Å². The van der Waals surface area contributed by atoms with Gasteiger partial charge in [0.25, 0.3) is 0 Å². The summed E-state index contributed by atoms with van der Waals surface area (Å²) in [6, 6.07) is 1.75. The molecule has 0 amide bonds. The molecule has 68 valence electrons. The first-order chi connectivity index (χ1) is 5.63. The summed E-state index contributed by atoms with van der Waals surface area (Å²) in [4.78, 5) is 0. The summed E-state index contributed by atoms with van der Waals surface area (Å²) >= 11 is 1.58. The van der Waals surface area contributed by atoms with Crippen LogP contribution in [0.25, 0.3) is 0 Å². The smallest absolute Gasteiger partial charge is 0.0951 e. The molecule has 12 heavy (non-hydrogen) atoms. The number of nitrogens with two attached hydrogens (primary N) is 1. The van der Waals surface area contributed by atoms with Crippen LogP contribution in [0.1, 0.15) is 25.5 Å². The van der Waals surface area contributed by atoms with Crippen molar-refractivity contribution in [1.29, 1.82) is 0 Å². The first kappa shape index (κ1) is 9.71. The van der Waals surface area contributed by atoms with Crippen molar-refractivity contribution in [1.82, 2.24) is 0 Å². The molecule has 3 heteroatoms. The van der Waals surface area contributed by atoms with Gasteiger partial charge in [-0.05, 0) is 28.3 Å². The molecular weight excluding hydrogens is 170 g/mol. The lowest BCUT2D eigenvalue weighted by atomic mass is 9.96. The van der Waals surface area contributed by atoms with Gasteiger partial charge in [0, 0.05) is 6.04 Å². The maximum Gasteiger partial charge on any atom is 0.0951 e. The van der Waals surface area contributed by atoms with Crippen molar-refractivity contribution < 1.29 is 5.11 Å². The molecule has 0 aromatic carbocycles. The Morgan fingerprint density at radius 1 is 1.50 bits per heavy atom. The molecule has 0 spiro atoms. The van der Waals surface area contributed by atoms with Crippen molar-refractivity contribution in [3.05, 3.63) is 22.4 Å². The summed E-state index contributed by atoms with van der Waals surface area (Å²) in [7, 11) is 0. The molecule has 0 aliphatic heterocycles. The first-order valence-corrected chi connectivity index (χ1v) is 5.03. The van der Waals surface area contributed by atoms with Crippen molar-refractivity contribution in [3.63, 3.8) is 0 Å². The maximum atomic E-state index is 9.73. The molecule has 3 N–H and O–H groups in total. The Morgan fingerprint density at radius 2 is 2.17 bits per heavy atom. The highest BCUT2D eigenvalue weighted by Gasteiger charge is 2.19. The third-order valence-electron chi connectivity index (χ3n) is 2.02. The molecular formula is C9H15NOS. The minimum Gasteiger partial charge on any atom is -0.387 e. The fourth-order valence-electron chi connectivity index (χ4n) is 1.03. The molecule has 1 rings (SSSR count). The van der Waals surface area contributed by atoms with Crippen LogP contribution in [0, 0.1) is 5.92 Å². The fraction of sp³-hybridized carbons (Fsp3) is 0.556. The zero-order valence-corrected chi connectivity index (χ0v) is 8.21. The molecule has 1 aromatic rings. The van der Waals surface area contributed by atoms with Crippen molar-refractivity contribution in [2.24, 2.45) is 11.7 Å². The second-order valence-corrected chi connectivity index (χ2v) is 4.10. The number of thiophene rings is 1. The number of aliphatic hydroxyl groups is 1. The van der Waals surface area contributed by atoms with E-state index in [0.717, 1.165) is 5.56 Å². The third kappa shape index (κ3) is 2.06. The van der Waals surface area contributed by atoms with Crippen molar-refractivity contribution >= 4 is 11.3 Å². The van der Waals surface area contributed by atoms with Crippen molar-refractivity contribution in [2.75, 3.05) is 0 Å². The Bertz CT molecular complexity index is 220. The molecule has 2 atom stereocenters. The monoisotopic (exact) mass is 185 g/mol. The van der Waals surface area contributed by atoms with E-state index in [1.807, 2.05) is 30.7 Å². The molecule has 0 fully saturated rings. The van der Waals surface area contributed by atoms with E-state index in [1.165, 1.54) is 0 Å². The van der Waals surface area contributed by atoms with E-state index in [2.05, 4.69) is 0 Å². The maximum absolute atomic E-state index is 9.73. The largest absolute Gasteiger partial charge is 0.387 e. The van der Waals surface area contributed by atoms with E-state index in [0.29, 0.717) is 5.92 Å². The van der Waals surface area contributed by atoms with Gasteiger partial charge in [-0.15, -0.1) is 0 Å². The van der Waals surface area contributed by atoms with Gasteiger partial charge in [-0.25, -0.2) is 0 Å². The van der Waals surface area contributed by atoms with Gasteiger partial charge in [0.15, 0.2) is 0 Å². The van der Waals surface area contributed by atoms with Gasteiger partial charge in [-0.1, -0.05) is 13.8 Å². The van der Waals surface area contributed by atoms with Gasteiger partial charge in [0.1, 0.15) is 0 Å². The minimum atomic E-state index is -0.517. The topological polar surface area (TPSA) is 46.2 Å². The molecule has 1 heterocycles. The molecule has 2 nitrogen and oxygen atoms in total. The van der Waals surface area contributed by atoms with Gasteiger partial charge in [-0.3, -0.25) is 0 Å². The van der Waals surface area contributed by atoms with Crippen LogP contribution in [0.4, 0.5) is 0 Å². The Labute approximate surface area is 77.0 Å². The summed E-state index contributed by atoms with van der Waals surface area (Å²) in [5.41, 5.74) is 6.74. The zero-order valence-electron chi connectivity index (χ0n) is 7.40. The number of aliphatic hydroxyl groups excluding tert-OH is 1. The molecule has 0 aliphatic rings. The summed E-state index contributed by atoms with van der Waals surface area (Å²) in [6.45, 7) is 4.03. The van der Waals surface area contributed by atoms with Crippen LogP contribution in [0.15, 0.2) is 16.8 Å². The van der Waals surface area contributed by atoms with E-state index in [9.17, 15) is 5.11 Å². The molecule has 0 unspecified atom stereocenters. The lowest BCUT2D eigenvalue weighted by Gasteiger charge is -2.21. The lowest BCUT2D eigenvalue weighted by molar-refractivity contribution is 0.126. The number of hydrogen-bond donors (Lipinski definition) is 2. The Hall–Kier alpha value is -0.380. The molecule has 0 saturated carbocycles. The Balaban J connectivity index is 2.65. The average Bonchev–Trinajstić information content (AvgIpc) is 2.53. The van der Waals surface area contributed by atoms with Crippen LogP contribution in [0.5, 0.6) is 0 Å². The van der Waals surface area contributed by atoms with Crippen LogP contribution in [0.3, 0.4) is 0 Å². The predicted octanol–water partition coefficient (Wildman–Crippen LogP) is 1.76. The van der Waals surface area contributed by atoms with E-state index >= 15 is 0 Å². The summed E-state index contributed by atoms with van der Waals surface area (Å²) in [5, 5.41) is 13.6. The van der Waals surface area contributed by atoms with Crippen molar-refractivity contribution in [2.45, 2.75) is 26.0 Å². The van der Waals surface area contributed by atoms with Crippen LogP contribution in [-0.4, -0.2) is 11.1 Å². The molecule has 0 bridgehead atoms. The Morgan fingerprint density at radius 3 is 2.58 bits per heavy atom. The zero-order chi connectivity index (χ0) is 9.14. The second kappa shape index (κ2) is 4.03. The first-order valence-electron chi connectivity index (χ1n) is 4.08. The lowest BCUT2D eigenvalue weighted by Crippen LogP contribution is -2.33. The van der Waals surface area contributed by atoms with Crippen LogP contribution in [0.2, 0.25) is 0 Å². The van der Waals surface area contributed by atoms with E-state index in [4.69, 9.17) is 5.73 Å². The van der Waals surface area contributed by atoms with Gasteiger partial charge in [0.05, 0.1) is 6.10 Å². The average molecular weight is 185 g/mol. The van der Waals surface area contributed by atoms with Gasteiger partial charge >= 0.3 is 0 Å². The highest BCUT2D eigenvalue weighted by molar-refractivity contribution is 7.07. The van der Waals surface area contributed by atoms with E-state index < -0.39 is 6.10 Å². The molecule has 1 aromatic heterocycles. The fourth-order valence-corrected chi connectivity index (χ4v) is 1.72. The van der Waals surface area contributed by atoms with Gasteiger partial charge < -0.3 is 10.8 Å². The highest BCUT2D eigenvalue weighted by Crippen LogP contribution is 2.21. The highest BCUT2D eigenvalue weighted by atomic mass is 32.1. The summed E-state index contributed by atoms with van der Waals surface area (Å²) < 4.78 is 0. The normalized spacial score (nSPS) is 16.4.